The van der Waals surface area contributed by atoms with E-state index in [0.717, 1.165) is 26.1 Å². The Kier molecular flexibility index (Phi) is 4.12. The van der Waals surface area contributed by atoms with Gasteiger partial charge in [0.1, 0.15) is 11.5 Å². The van der Waals surface area contributed by atoms with Crippen LogP contribution in [0.25, 0.3) is 0 Å². The lowest BCUT2D eigenvalue weighted by atomic mass is 10.1. The van der Waals surface area contributed by atoms with E-state index in [2.05, 4.69) is 9.80 Å². The Morgan fingerprint density at radius 2 is 2.00 bits per heavy atom. The first-order valence-corrected chi connectivity index (χ1v) is 7.65. The molecule has 0 bridgehead atoms. The Balaban J connectivity index is 1.66. The highest BCUT2D eigenvalue weighted by molar-refractivity contribution is 6.00. The molecule has 0 radical (unpaired) electrons. The molecule has 2 heterocycles. The highest BCUT2D eigenvalue weighted by atomic mass is 16.3. The van der Waals surface area contributed by atoms with Crippen molar-refractivity contribution in [2.45, 2.75) is 25.3 Å². The van der Waals surface area contributed by atoms with Crippen LogP contribution < -0.4 is 0 Å². The fraction of sp³-hybridized carbons (Fsp3) is 0.562. The van der Waals surface area contributed by atoms with Crippen molar-refractivity contribution in [1.29, 1.82) is 0 Å². The molecule has 1 unspecified atom stereocenters. The molecule has 1 atom stereocenters. The van der Waals surface area contributed by atoms with Gasteiger partial charge in [-0.2, -0.15) is 0 Å². The van der Waals surface area contributed by atoms with E-state index in [-0.39, 0.29) is 17.3 Å². The molecule has 1 aromatic rings. The third kappa shape index (κ3) is 3.19. The molecule has 5 nitrogen and oxygen atoms in total. The molecule has 21 heavy (non-hydrogen) atoms. The van der Waals surface area contributed by atoms with Crippen LogP contribution >= 0.6 is 0 Å². The first kappa shape index (κ1) is 14.4. The van der Waals surface area contributed by atoms with Crippen molar-refractivity contribution in [3.8, 4) is 11.5 Å². The van der Waals surface area contributed by atoms with Crippen LogP contribution in [0.1, 0.15) is 29.6 Å². The quantitative estimate of drug-likeness (QED) is 0.825. The number of ketones is 1. The number of hydrogen-bond donors (Lipinski definition) is 2. The molecular formula is C16H22N2O3. The van der Waals surface area contributed by atoms with Crippen molar-refractivity contribution < 1.29 is 15.0 Å². The summed E-state index contributed by atoms with van der Waals surface area (Å²) in [6, 6.07) is 4.73. The van der Waals surface area contributed by atoms with E-state index in [1.54, 1.807) is 0 Å². The van der Waals surface area contributed by atoms with E-state index in [1.807, 2.05) is 0 Å². The summed E-state index contributed by atoms with van der Waals surface area (Å²) in [5.41, 5.74) is 0.292. The molecule has 0 spiro atoms. The predicted molar refractivity (Wildman–Crippen MR) is 79.8 cm³/mol. The molecule has 2 saturated heterocycles. The van der Waals surface area contributed by atoms with Gasteiger partial charge in [0.05, 0.1) is 12.1 Å². The first-order valence-electron chi connectivity index (χ1n) is 7.65. The Labute approximate surface area is 124 Å². The van der Waals surface area contributed by atoms with E-state index < -0.39 is 0 Å². The number of phenols is 2. The van der Waals surface area contributed by atoms with Gasteiger partial charge in [0.2, 0.25) is 0 Å². The van der Waals surface area contributed by atoms with E-state index in [9.17, 15) is 15.0 Å². The van der Waals surface area contributed by atoms with E-state index in [4.69, 9.17) is 0 Å². The minimum absolute atomic E-state index is 0.0274. The number of rotatable bonds is 3. The lowest BCUT2D eigenvalue weighted by molar-refractivity contribution is 0.0922. The maximum atomic E-state index is 12.4. The Morgan fingerprint density at radius 1 is 1.19 bits per heavy atom. The lowest BCUT2D eigenvalue weighted by Gasteiger charge is -2.25. The highest BCUT2D eigenvalue weighted by Crippen LogP contribution is 2.24. The van der Waals surface area contributed by atoms with Crippen LogP contribution in [-0.4, -0.2) is 64.6 Å². The Bertz CT molecular complexity index is 532. The van der Waals surface area contributed by atoms with Crippen molar-refractivity contribution in [2.75, 3.05) is 32.7 Å². The van der Waals surface area contributed by atoms with E-state index in [0.29, 0.717) is 18.2 Å². The molecule has 2 fully saturated rings. The number of hydrogen-bond acceptors (Lipinski definition) is 5. The Hall–Kier alpha value is -1.59. The number of benzene rings is 1. The van der Waals surface area contributed by atoms with Crippen LogP contribution in [0, 0.1) is 0 Å². The van der Waals surface area contributed by atoms with Crippen molar-refractivity contribution >= 4 is 5.78 Å². The lowest BCUT2D eigenvalue weighted by Crippen LogP contribution is -2.38. The second-order valence-corrected chi connectivity index (χ2v) is 6.05. The predicted octanol–water partition coefficient (Wildman–Crippen LogP) is 1.45. The van der Waals surface area contributed by atoms with Gasteiger partial charge in [0.25, 0.3) is 0 Å². The molecule has 0 aromatic heterocycles. The zero-order valence-corrected chi connectivity index (χ0v) is 12.2. The van der Waals surface area contributed by atoms with Crippen LogP contribution in [-0.2, 0) is 0 Å². The second-order valence-electron chi connectivity index (χ2n) is 6.05. The SMILES string of the molecule is O=C(CN1CCCN2CCCC2C1)c1ccc(O)cc1O. The molecule has 0 aliphatic carbocycles. The summed E-state index contributed by atoms with van der Waals surface area (Å²) in [6.07, 6.45) is 3.56. The van der Waals surface area contributed by atoms with Gasteiger partial charge in [-0.25, -0.2) is 0 Å². The minimum Gasteiger partial charge on any atom is -0.508 e. The molecule has 2 N–H and O–H groups in total. The van der Waals surface area contributed by atoms with Gasteiger partial charge in [-0.3, -0.25) is 14.6 Å². The zero-order valence-electron chi connectivity index (χ0n) is 12.2. The molecule has 114 valence electrons. The van der Waals surface area contributed by atoms with Crippen LogP contribution in [0.3, 0.4) is 0 Å². The molecule has 2 aliphatic heterocycles. The average Bonchev–Trinajstić information content (AvgIpc) is 2.77. The summed E-state index contributed by atoms with van der Waals surface area (Å²) < 4.78 is 0. The summed E-state index contributed by atoms with van der Waals surface area (Å²) in [5.74, 6) is -0.253. The molecule has 1 aromatic carbocycles. The number of phenolic OH excluding ortho intramolecular Hbond substituents is 2. The fourth-order valence-corrected chi connectivity index (χ4v) is 3.47. The molecule has 5 heteroatoms. The van der Waals surface area contributed by atoms with Gasteiger partial charge in [0.15, 0.2) is 5.78 Å². The number of aromatic hydroxyl groups is 2. The molecule has 2 aliphatic rings. The number of carbonyl (C=O) groups excluding carboxylic acids is 1. The second kappa shape index (κ2) is 6.03. The third-order valence-corrected chi connectivity index (χ3v) is 4.54. The molecular weight excluding hydrogens is 268 g/mol. The smallest absolute Gasteiger partial charge is 0.180 e. The van der Waals surface area contributed by atoms with Crippen molar-refractivity contribution in [2.24, 2.45) is 0 Å². The van der Waals surface area contributed by atoms with Crippen molar-refractivity contribution in [3.63, 3.8) is 0 Å². The standard InChI is InChI=1S/C16H22N2O3/c19-13-4-5-14(15(20)9-13)16(21)11-17-6-2-8-18-7-1-3-12(18)10-17/h4-5,9,12,19-20H,1-3,6-8,10-11H2. The molecule has 3 rings (SSSR count). The van der Waals surface area contributed by atoms with Crippen LogP contribution in [0.5, 0.6) is 11.5 Å². The number of nitrogens with zero attached hydrogens (tertiary/aromatic N) is 2. The van der Waals surface area contributed by atoms with Crippen LogP contribution in [0.4, 0.5) is 0 Å². The van der Waals surface area contributed by atoms with Crippen molar-refractivity contribution in [3.05, 3.63) is 23.8 Å². The minimum atomic E-state index is -0.141. The van der Waals surface area contributed by atoms with Crippen LogP contribution in [0.15, 0.2) is 18.2 Å². The maximum absolute atomic E-state index is 12.4. The van der Waals surface area contributed by atoms with E-state index >= 15 is 0 Å². The summed E-state index contributed by atoms with van der Waals surface area (Å²) in [4.78, 5) is 17.1. The number of carbonyl (C=O) groups is 1. The zero-order chi connectivity index (χ0) is 14.8. The highest BCUT2D eigenvalue weighted by Gasteiger charge is 2.29. The molecule has 0 saturated carbocycles. The monoisotopic (exact) mass is 290 g/mol. The van der Waals surface area contributed by atoms with Gasteiger partial charge < -0.3 is 10.2 Å². The normalized spacial score (nSPS) is 23.7. The number of fused-ring (bicyclic) bond motifs is 1. The van der Waals surface area contributed by atoms with Crippen LogP contribution in [0.2, 0.25) is 0 Å². The first-order chi connectivity index (χ1) is 10.1. The largest absolute Gasteiger partial charge is 0.508 e. The summed E-state index contributed by atoms with van der Waals surface area (Å²) in [5, 5.41) is 19.1. The van der Waals surface area contributed by atoms with Gasteiger partial charge in [0, 0.05) is 18.7 Å². The topological polar surface area (TPSA) is 64.0 Å². The molecule has 0 amide bonds. The van der Waals surface area contributed by atoms with Gasteiger partial charge in [-0.15, -0.1) is 0 Å². The summed E-state index contributed by atoms with van der Waals surface area (Å²) >= 11 is 0. The van der Waals surface area contributed by atoms with Crippen molar-refractivity contribution in [1.82, 2.24) is 9.80 Å². The fourth-order valence-electron chi connectivity index (χ4n) is 3.47. The summed E-state index contributed by atoms with van der Waals surface area (Å²) in [7, 11) is 0. The van der Waals surface area contributed by atoms with E-state index in [1.165, 1.54) is 37.6 Å². The Morgan fingerprint density at radius 3 is 2.81 bits per heavy atom. The third-order valence-electron chi connectivity index (χ3n) is 4.54. The van der Waals surface area contributed by atoms with Gasteiger partial charge >= 0.3 is 0 Å². The average molecular weight is 290 g/mol. The summed E-state index contributed by atoms with van der Waals surface area (Å²) in [6.45, 7) is 4.51. The maximum Gasteiger partial charge on any atom is 0.180 e. The van der Waals surface area contributed by atoms with Gasteiger partial charge in [-0.05, 0) is 51.0 Å². The van der Waals surface area contributed by atoms with Gasteiger partial charge in [-0.1, -0.05) is 0 Å². The number of Topliss-reactive ketones (excluding diaryl/α,β-unsaturated/α-hetero) is 1.